The average Bonchev–Trinajstić information content (AvgIpc) is 2.01. The molecule has 1 aromatic carbocycles. The Labute approximate surface area is 75.1 Å². The van der Waals surface area contributed by atoms with Gasteiger partial charge in [-0.05, 0) is 35.9 Å². The maximum absolute atomic E-state index is 10.1. The van der Waals surface area contributed by atoms with E-state index in [9.17, 15) is 4.79 Å². The van der Waals surface area contributed by atoms with Crippen molar-refractivity contribution in [3.63, 3.8) is 0 Å². The van der Waals surface area contributed by atoms with Gasteiger partial charge in [0, 0.05) is 11.1 Å². The lowest BCUT2D eigenvalue weighted by Crippen LogP contribution is -1.85. The van der Waals surface area contributed by atoms with Crippen molar-refractivity contribution in [2.24, 2.45) is 0 Å². The molecular formula is C9H6ClO2. The van der Waals surface area contributed by atoms with Crippen molar-refractivity contribution in [2.75, 3.05) is 0 Å². The van der Waals surface area contributed by atoms with Gasteiger partial charge in [-0.1, -0.05) is 11.6 Å². The molecule has 0 aliphatic carbocycles. The van der Waals surface area contributed by atoms with Crippen LogP contribution in [0.15, 0.2) is 24.3 Å². The van der Waals surface area contributed by atoms with Gasteiger partial charge in [0.2, 0.25) is 0 Å². The van der Waals surface area contributed by atoms with Gasteiger partial charge in [-0.25, -0.2) is 4.79 Å². The van der Waals surface area contributed by atoms with Crippen LogP contribution in [0.2, 0.25) is 5.02 Å². The van der Waals surface area contributed by atoms with Crippen LogP contribution in [0.1, 0.15) is 5.56 Å². The molecule has 0 aliphatic rings. The normalized spacial score (nSPS) is 10.4. The lowest BCUT2D eigenvalue weighted by Gasteiger charge is -1.91. The highest BCUT2D eigenvalue weighted by Gasteiger charge is 1.90. The average molecular weight is 182 g/mol. The Bertz CT molecular complexity index is 318. The lowest BCUT2D eigenvalue weighted by atomic mass is 10.2. The summed E-state index contributed by atoms with van der Waals surface area (Å²) in [6, 6.07) is 7.71. The summed E-state index contributed by atoms with van der Waals surface area (Å²) >= 11 is 5.65. The minimum Gasteiger partial charge on any atom is -0.478 e. The van der Waals surface area contributed by atoms with E-state index in [4.69, 9.17) is 16.7 Å². The molecule has 0 aromatic heterocycles. The summed E-state index contributed by atoms with van der Waals surface area (Å²) in [5.74, 6) is -0.977. The van der Waals surface area contributed by atoms with Gasteiger partial charge in [-0.3, -0.25) is 0 Å². The molecule has 2 nitrogen and oxygen atoms in total. The number of halogens is 1. The minimum atomic E-state index is -0.977. The van der Waals surface area contributed by atoms with Crippen LogP contribution in [0.3, 0.4) is 0 Å². The molecule has 3 heteroatoms. The number of benzene rings is 1. The highest BCUT2D eigenvalue weighted by atomic mass is 35.5. The first-order valence-electron chi connectivity index (χ1n) is 3.26. The number of hydrogen-bond acceptors (Lipinski definition) is 1. The van der Waals surface area contributed by atoms with Gasteiger partial charge >= 0.3 is 5.97 Å². The van der Waals surface area contributed by atoms with E-state index in [1.54, 1.807) is 18.2 Å². The summed E-state index contributed by atoms with van der Waals surface area (Å²) in [5.41, 5.74) is 0.727. The Morgan fingerprint density at radius 3 is 2.92 bits per heavy atom. The first kappa shape index (κ1) is 8.81. The molecule has 0 heterocycles. The van der Waals surface area contributed by atoms with Crippen LogP contribution in [0.25, 0.3) is 6.08 Å². The van der Waals surface area contributed by atoms with Crippen molar-refractivity contribution < 1.29 is 9.90 Å². The van der Waals surface area contributed by atoms with E-state index in [0.717, 1.165) is 11.6 Å². The largest absolute Gasteiger partial charge is 0.478 e. The summed E-state index contributed by atoms with van der Waals surface area (Å²) in [7, 11) is 0. The molecule has 1 N–H and O–H groups in total. The van der Waals surface area contributed by atoms with Crippen molar-refractivity contribution >= 4 is 23.6 Å². The minimum absolute atomic E-state index is 0.544. The topological polar surface area (TPSA) is 37.3 Å². The molecule has 1 radical (unpaired) electrons. The third kappa shape index (κ3) is 2.76. The number of carbonyl (C=O) groups is 1. The number of rotatable bonds is 2. The van der Waals surface area contributed by atoms with Gasteiger partial charge in [-0.2, -0.15) is 0 Å². The van der Waals surface area contributed by atoms with E-state index in [1.165, 1.54) is 6.08 Å². The van der Waals surface area contributed by atoms with Gasteiger partial charge in [0.25, 0.3) is 0 Å². The van der Waals surface area contributed by atoms with Crippen molar-refractivity contribution in [1.82, 2.24) is 0 Å². The Hall–Kier alpha value is -1.28. The zero-order valence-electron chi connectivity index (χ0n) is 6.12. The summed E-state index contributed by atoms with van der Waals surface area (Å²) in [4.78, 5) is 10.1. The van der Waals surface area contributed by atoms with Crippen LogP contribution < -0.4 is 0 Å². The molecule has 0 fully saturated rings. The number of aliphatic carboxylic acids is 1. The van der Waals surface area contributed by atoms with Crippen LogP contribution in [-0.2, 0) is 4.79 Å². The Balaban J connectivity index is 2.83. The second-order valence-corrected chi connectivity index (χ2v) is 2.59. The molecule has 0 unspecified atom stereocenters. The second kappa shape index (κ2) is 3.93. The molecule has 0 aliphatic heterocycles. The Morgan fingerprint density at radius 2 is 2.33 bits per heavy atom. The molecule has 1 aromatic rings. The second-order valence-electron chi connectivity index (χ2n) is 2.16. The van der Waals surface area contributed by atoms with Crippen molar-refractivity contribution in [1.29, 1.82) is 0 Å². The highest BCUT2D eigenvalue weighted by Crippen LogP contribution is 2.10. The highest BCUT2D eigenvalue weighted by molar-refractivity contribution is 6.30. The van der Waals surface area contributed by atoms with Crippen molar-refractivity contribution in [3.05, 3.63) is 40.9 Å². The standard InChI is InChI=1S/C9H6ClO2/c10-8-3-1-2-7(6-8)4-5-9(11)12/h2-6H,(H,11,12)/b5-4+. The number of carboxylic acids is 1. The fraction of sp³-hybridized carbons (Fsp3) is 0. The lowest BCUT2D eigenvalue weighted by molar-refractivity contribution is -0.131. The molecule has 12 heavy (non-hydrogen) atoms. The Kier molecular flexibility index (Phi) is 2.88. The summed E-state index contributed by atoms with van der Waals surface area (Å²) in [6.45, 7) is 0. The quantitative estimate of drug-likeness (QED) is 0.711. The van der Waals surface area contributed by atoms with Gasteiger partial charge in [0.05, 0.1) is 0 Å². The van der Waals surface area contributed by atoms with Crippen molar-refractivity contribution in [3.8, 4) is 0 Å². The van der Waals surface area contributed by atoms with Crippen LogP contribution in [-0.4, -0.2) is 11.1 Å². The van der Waals surface area contributed by atoms with E-state index < -0.39 is 5.97 Å². The predicted molar refractivity (Wildman–Crippen MR) is 47.0 cm³/mol. The third-order valence-corrected chi connectivity index (χ3v) is 1.41. The van der Waals surface area contributed by atoms with Gasteiger partial charge in [0.15, 0.2) is 0 Å². The Morgan fingerprint density at radius 1 is 1.58 bits per heavy atom. The zero-order chi connectivity index (χ0) is 8.97. The SMILES string of the molecule is O=C(O)/C=C/c1c[c]cc(Cl)c1. The third-order valence-electron chi connectivity index (χ3n) is 1.19. The smallest absolute Gasteiger partial charge is 0.328 e. The molecule has 0 spiro atoms. The van der Waals surface area contributed by atoms with E-state index in [1.807, 2.05) is 0 Å². The van der Waals surface area contributed by atoms with Crippen LogP contribution in [0.4, 0.5) is 0 Å². The van der Waals surface area contributed by atoms with Gasteiger partial charge < -0.3 is 5.11 Å². The van der Waals surface area contributed by atoms with Gasteiger partial charge in [-0.15, -0.1) is 0 Å². The van der Waals surface area contributed by atoms with Gasteiger partial charge in [0.1, 0.15) is 0 Å². The van der Waals surface area contributed by atoms with E-state index in [2.05, 4.69) is 6.07 Å². The maximum atomic E-state index is 10.1. The van der Waals surface area contributed by atoms with E-state index in [-0.39, 0.29) is 0 Å². The van der Waals surface area contributed by atoms with Crippen LogP contribution in [0.5, 0.6) is 0 Å². The van der Waals surface area contributed by atoms with E-state index >= 15 is 0 Å². The molecule has 61 valence electrons. The molecular weight excluding hydrogens is 176 g/mol. The fourth-order valence-corrected chi connectivity index (χ4v) is 0.913. The molecule has 0 saturated carbocycles. The summed E-state index contributed by atoms with van der Waals surface area (Å²) < 4.78 is 0. The van der Waals surface area contributed by atoms with E-state index in [0.29, 0.717) is 5.02 Å². The molecule has 0 saturated heterocycles. The first-order chi connectivity index (χ1) is 5.68. The maximum Gasteiger partial charge on any atom is 0.328 e. The van der Waals surface area contributed by atoms with Crippen molar-refractivity contribution in [2.45, 2.75) is 0 Å². The monoisotopic (exact) mass is 181 g/mol. The van der Waals surface area contributed by atoms with Crippen LogP contribution in [0, 0.1) is 6.07 Å². The summed E-state index contributed by atoms with van der Waals surface area (Å²) in [5, 5.41) is 8.86. The number of carboxylic acid groups (broad SMARTS) is 1. The first-order valence-corrected chi connectivity index (χ1v) is 3.64. The zero-order valence-corrected chi connectivity index (χ0v) is 6.88. The molecule has 0 atom stereocenters. The van der Waals surface area contributed by atoms with Crippen LogP contribution >= 0.6 is 11.6 Å². The number of hydrogen-bond donors (Lipinski definition) is 1. The predicted octanol–water partition coefficient (Wildman–Crippen LogP) is 2.24. The summed E-state index contributed by atoms with van der Waals surface area (Å²) in [6.07, 6.45) is 2.52. The molecule has 0 bridgehead atoms. The molecule has 1 rings (SSSR count). The fourth-order valence-electron chi connectivity index (χ4n) is 0.724. The molecule has 0 amide bonds.